The van der Waals surface area contributed by atoms with Crippen molar-refractivity contribution in [2.45, 2.75) is 25.6 Å². The summed E-state index contributed by atoms with van der Waals surface area (Å²) >= 11 is 0. The Bertz CT molecular complexity index is 108. The van der Waals surface area contributed by atoms with Gasteiger partial charge < -0.3 is 10.1 Å². The number of nitrogens with one attached hydrogen (secondary N) is 1. The summed E-state index contributed by atoms with van der Waals surface area (Å²) in [6, 6.07) is 0. The third-order valence-electron chi connectivity index (χ3n) is 2.32. The topological polar surface area (TPSA) is 21.3 Å². The smallest absolute Gasteiger partial charge is 0.0744 e. The first-order valence-electron chi connectivity index (χ1n) is 3.72. The molecule has 3 atom stereocenters. The molecule has 0 unspecified atom stereocenters. The Hall–Kier alpha value is 0.210. The Labute approximate surface area is 67.7 Å². The van der Waals surface area contributed by atoms with Crippen molar-refractivity contribution in [3.05, 3.63) is 0 Å². The lowest BCUT2D eigenvalue weighted by Gasteiger charge is -2.05. The van der Waals surface area contributed by atoms with Crippen molar-refractivity contribution < 1.29 is 4.74 Å². The van der Waals surface area contributed by atoms with Gasteiger partial charge in [0.15, 0.2) is 0 Å². The van der Waals surface area contributed by atoms with Gasteiger partial charge in [0.25, 0.3) is 0 Å². The molecule has 0 aromatic heterocycles. The van der Waals surface area contributed by atoms with E-state index in [1.165, 1.54) is 13.0 Å². The number of hydrogen-bond donors (Lipinski definition) is 1. The van der Waals surface area contributed by atoms with Crippen LogP contribution in [0.25, 0.3) is 0 Å². The molecule has 2 aliphatic heterocycles. The maximum Gasteiger partial charge on any atom is 0.0744 e. The maximum atomic E-state index is 5.62. The molecule has 0 radical (unpaired) electrons. The van der Waals surface area contributed by atoms with Gasteiger partial charge in [-0.05, 0) is 13.3 Å². The van der Waals surface area contributed by atoms with Crippen molar-refractivity contribution in [3.8, 4) is 0 Å². The molecule has 0 aromatic rings. The van der Waals surface area contributed by atoms with Gasteiger partial charge in [-0.15, -0.1) is 12.4 Å². The van der Waals surface area contributed by atoms with E-state index >= 15 is 0 Å². The molecule has 2 fully saturated rings. The van der Waals surface area contributed by atoms with Crippen LogP contribution < -0.4 is 5.32 Å². The molecule has 1 N–H and O–H groups in total. The Morgan fingerprint density at radius 1 is 1.40 bits per heavy atom. The van der Waals surface area contributed by atoms with Crippen LogP contribution in [0.2, 0.25) is 0 Å². The molecule has 3 heteroatoms. The van der Waals surface area contributed by atoms with E-state index in [0.29, 0.717) is 12.2 Å². The predicted molar refractivity (Wildman–Crippen MR) is 42.6 cm³/mol. The van der Waals surface area contributed by atoms with Crippen LogP contribution in [0.1, 0.15) is 13.3 Å². The van der Waals surface area contributed by atoms with Crippen molar-refractivity contribution in [1.29, 1.82) is 0 Å². The highest BCUT2D eigenvalue weighted by Crippen LogP contribution is 2.28. The number of ether oxygens (including phenoxy) is 1. The molecule has 10 heavy (non-hydrogen) atoms. The first-order valence-corrected chi connectivity index (χ1v) is 3.72. The van der Waals surface area contributed by atoms with Crippen molar-refractivity contribution >= 4 is 12.4 Å². The molecule has 0 amide bonds. The standard InChI is InChI=1S/C7H13NO.ClH/c1-5-2-6-3-8-4-7(6)9-5;/h5-8H,2-4H2,1H3;1H/t5-,6+,7-;/m1./s1. The Morgan fingerprint density at radius 2 is 2.20 bits per heavy atom. The van der Waals surface area contributed by atoms with Crippen LogP contribution in [0.3, 0.4) is 0 Å². The lowest BCUT2D eigenvalue weighted by Crippen LogP contribution is -2.17. The average Bonchev–Trinajstić information content (AvgIpc) is 2.22. The quantitative estimate of drug-likeness (QED) is 0.571. The molecule has 2 rings (SSSR count). The summed E-state index contributed by atoms with van der Waals surface area (Å²) in [5.41, 5.74) is 0. The Balaban J connectivity index is 0.000000500. The summed E-state index contributed by atoms with van der Waals surface area (Å²) in [4.78, 5) is 0. The Kier molecular flexibility index (Phi) is 2.55. The fourth-order valence-corrected chi connectivity index (χ4v) is 1.88. The fourth-order valence-electron chi connectivity index (χ4n) is 1.88. The molecule has 0 aliphatic carbocycles. The molecule has 0 spiro atoms. The number of fused-ring (bicyclic) bond motifs is 1. The van der Waals surface area contributed by atoms with E-state index in [0.717, 1.165) is 12.5 Å². The van der Waals surface area contributed by atoms with Gasteiger partial charge in [-0.2, -0.15) is 0 Å². The van der Waals surface area contributed by atoms with Crippen LogP contribution in [0.5, 0.6) is 0 Å². The first-order chi connectivity index (χ1) is 4.36. The highest BCUT2D eigenvalue weighted by Gasteiger charge is 2.35. The molecule has 2 heterocycles. The summed E-state index contributed by atoms with van der Waals surface area (Å²) in [5.74, 6) is 0.819. The normalized spacial score (nSPS) is 44.7. The fraction of sp³-hybridized carbons (Fsp3) is 1.00. The van der Waals surface area contributed by atoms with Crippen molar-refractivity contribution in [2.24, 2.45) is 5.92 Å². The van der Waals surface area contributed by atoms with Gasteiger partial charge in [-0.1, -0.05) is 0 Å². The molecule has 0 bridgehead atoms. The molecule has 60 valence electrons. The SMILES string of the molecule is C[C@@H]1C[C@H]2CNC[C@H]2O1.Cl. The van der Waals surface area contributed by atoms with E-state index in [9.17, 15) is 0 Å². The Morgan fingerprint density at radius 3 is 2.90 bits per heavy atom. The number of rotatable bonds is 0. The van der Waals surface area contributed by atoms with Crippen LogP contribution in [0.15, 0.2) is 0 Å². The number of hydrogen-bond acceptors (Lipinski definition) is 2. The van der Waals surface area contributed by atoms with E-state index in [4.69, 9.17) is 4.74 Å². The molecule has 2 aliphatic rings. The van der Waals surface area contributed by atoms with E-state index in [-0.39, 0.29) is 12.4 Å². The van der Waals surface area contributed by atoms with Crippen LogP contribution in [-0.2, 0) is 4.74 Å². The summed E-state index contributed by atoms with van der Waals surface area (Å²) in [6.45, 7) is 4.42. The largest absolute Gasteiger partial charge is 0.374 e. The lowest BCUT2D eigenvalue weighted by molar-refractivity contribution is 0.0586. The van der Waals surface area contributed by atoms with E-state index < -0.39 is 0 Å². The zero-order valence-electron chi connectivity index (χ0n) is 6.17. The summed E-state index contributed by atoms with van der Waals surface area (Å²) in [6.07, 6.45) is 2.32. The second-order valence-electron chi connectivity index (χ2n) is 3.14. The summed E-state index contributed by atoms with van der Waals surface area (Å²) in [7, 11) is 0. The van der Waals surface area contributed by atoms with Crippen LogP contribution >= 0.6 is 12.4 Å². The second-order valence-corrected chi connectivity index (χ2v) is 3.14. The molecular formula is C7H14ClNO. The van der Waals surface area contributed by atoms with Gasteiger partial charge >= 0.3 is 0 Å². The van der Waals surface area contributed by atoms with Gasteiger partial charge in [0.05, 0.1) is 12.2 Å². The molecular weight excluding hydrogens is 150 g/mol. The van der Waals surface area contributed by atoms with Gasteiger partial charge in [0.1, 0.15) is 0 Å². The predicted octanol–water partition coefficient (Wildman–Crippen LogP) is 0.805. The third kappa shape index (κ3) is 1.29. The van der Waals surface area contributed by atoms with Crippen molar-refractivity contribution in [3.63, 3.8) is 0 Å². The second kappa shape index (κ2) is 3.07. The van der Waals surface area contributed by atoms with Crippen molar-refractivity contribution in [1.82, 2.24) is 5.32 Å². The van der Waals surface area contributed by atoms with E-state index in [1.807, 2.05) is 0 Å². The molecule has 0 saturated carbocycles. The minimum Gasteiger partial charge on any atom is -0.374 e. The average molecular weight is 164 g/mol. The van der Waals surface area contributed by atoms with Gasteiger partial charge in [-0.25, -0.2) is 0 Å². The third-order valence-corrected chi connectivity index (χ3v) is 2.32. The molecule has 2 saturated heterocycles. The first kappa shape index (κ1) is 8.31. The highest BCUT2D eigenvalue weighted by atomic mass is 35.5. The zero-order valence-corrected chi connectivity index (χ0v) is 6.99. The van der Waals surface area contributed by atoms with Crippen LogP contribution in [0.4, 0.5) is 0 Å². The number of halogens is 1. The molecule has 0 aromatic carbocycles. The minimum atomic E-state index is 0. The lowest BCUT2D eigenvalue weighted by atomic mass is 10.0. The summed E-state index contributed by atoms with van der Waals surface area (Å²) < 4.78 is 5.62. The van der Waals surface area contributed by atoms with Gasteiger partial charge in [0, 0.05) is 19.0 Å². The van der Waals surface area contributed by atoms with Crippen molar-refractivity contribution in [2.75, 3.05) is 13.1 Å². The maximum absolute atomic E-state index is 5.62. The monoisotopic (exact) mass is 163 g/mol. The van der Waals surface area contributed by atoms with Crippen LogP contribution in [-0.4, -0.2) is 25.3 Å². The van der Waals surface area contributed by atoms with E-state index in [1.54, 1.807) is 0 Å². The van der Waals surface area contributed by atoms with Crippen LogP contribution in [0, 0.1) is 5.92 Å². The van der Waals surface area contributed by atoms with E-state index in [2.05, 4.69) is 12.2 Å². The van der Waals surface area contributed by atoms with Gasteiger partial charge in [-0.3, -0.25) is 0 Å². The zero-order chi connectivity index (χ0) is 6.27. The minimum absolute atomic E-state index is 0. The summed E-state index contributed by atoms with van der Waals surface area (Å²) in [5, 5.41) is 3.32. The highest BCUT2D eigenvalue weighted by molar-refractivity contribution is 5.85. The molecule has 2 nitrogen and oxygen atoms in total. The van der Waals surface area contributed by atoms with Gasteiger partial charge in [0.2, 0.25) is 0 Å².